The first-order chi connectivity index (χ1) is 29.0. The highest BCUT2D eigenvalue weighted by Crippen LogP contribution is 2.30. The molecule has 7 aromatic rings. The van der Waals surface area contributed by atoms with Crippen LogP contribution in [0.2, 0.25) is 0 Å². The van der Waals surface area contributed by atoms with Gasteiger partial charge in [-0.05, 0) is 30.3 Å². The standard InChI is InChI=1S/C40H48N10O8S2/c1-55-20-14-33-47-35-37(29-10-3-5-12-31(29)45-39(35)41)49(33)18-24-57-22-16-43-59(51,52)27-8-7-9-28(26-27)60(53,54)44-17-23-58-25-19-50-34(15-21-56-2)48-36-38(50)30-11-4-6-13-32(30)46-40(36)42/h3-13,26,43-44H,14-25H2,1-2H3,(H2,41,45)(H2,42,46). The molecule has 0 aliphatic carbocycles. The van der Waals surface area contributed by atoms with E-state index in [-0.39, 0.29) is 49.3 Å². The van der Waals surface area contributed by atoms with E-state index in [1.165, 1.54) is 18.2 Å². The number of benzene rings is 3. The van der Waals surface area contributed by atoms with E-state index in [4.69, 9.17) is 40.4 Å². The number of aromatic nitrogens is 6. The molecule has 0 amide bonds. The van der Waals surface area contributed by atoms with Crippen LogP contribution in [0, 0.1) is 0 Å². The van der Waals surface area contributed by atoms with Crippen LogP contribution in [0.1, 0.15) is 11.6 Å². The predicted octanol–water partition coefficient (Wildman–Crippen LogP) is 3.01. The van der Waals surface area contributed by atoms with Crippen LogP contribution in [0.15, 0.2) is 82.6 Å². The van der Waals surface area contributed by atoms with Crippen molar-refractivity contribution in [2.45, 2.75) is 35.7 Å². The van der Waals surface area contributed by atoms with Crippen molar-refractivity contribution >= 4 is 75.6 Å². The van der Waals surface area contributed by atoms with E-state index in [0.717, 1.165) is 50.6 Å². The van der Waals surface area contributed by atoms with Gasteiger partial charge in [-0.1, -0.05) is 42.5 Å². The monoisotopic (exact) mass is 860 g/mol. The van der Waals surface area contributed by atoms with Gasteiger partial charge in [-0.15, -0.1) is 0 Å². The van der Waals surface area contributed by atoms with Crippen molar-refractivity contribution in [1.82, 2.24) is 38.5 Å². The molecule has 318 valence electrons. The Hall–Kier alpha value is -5.32. The van der Waals surface area contributed by atoms with Gasteiger partial charge in [0.2, 0.25) is 20.0 Å². The SMILES string of the molecule is COCCc1nc2c(N)nc3ccccc3c2n1CCOCCNS(=O)(=O)c1cccc(S(=O)(=O)NCCOCCn2c(CCOC)nc3c(N)nc4ccccc4c32)c1. The first kappa shape index (κ1) is 42.8. The summed E-state index contributed by atoms with van der Waals surface area (Å²) in [4.78, 5) is 18.1. The fraction of sp³-hybridized carbons (Fsp3) is 0.350. The van der Waals surface area contributed by atoms with E-state index >= 15 is 0 Å². The molecule has 0 spiro atoms. The van der Waals surface area contributed by atoms with Crippen LogP contribution in [0.25, 0.3) is 43.9 Å². The Morgan fingerprint density at radius 1 is 0.567 bits per heavy atom. The minimum absolute atomic E-state index is 0.0425. The quantitative estimate of drug-likeness (QED) is 0.0717. The number of nitrogens with one attached hydrogen (secondary N) is 2. The maximum atomic E-state index is 13.2. The van der Waals surface area contributed by atoms with Crippen molar-refractivity contribution in [2.75, 3.05) is 78.4 Å². The van der Waals surface area contributed by atoms with Crippen LogP contribution in [0.4, 0.5) is 11.6 Å². The fourth-order valence-corrected chi connectivity index (χ4v) is 9.24. The van der Waals surface area contributed by atoms with E-state index in [2.05, 4.69) is 19.4 Å². The van der Waals surface area contributed by atoms with Crippen LogP contribution in [-0.2, 0) is 64.9 Å². The molecule has 60 heavy (non-hydrogen) atoms. The molecule has 0 fully saturated rings. The zero-order chi connectivity index (χ0) is 42.3. The number of pyridine rings is 2. The molecule has 0 bridgehead atoms. The van der Waals surface area contributed by atoms with E-state index in [1.54, 1.807) is 14.2 Å². The molecule has 7 rings (SSSR count). The van der Waals surface area contributed by atoms with Crippen LogP contribution in [0.5, 0.6) is 0 Å². The Kier molecular flexibility index (Phi) is 13.5. The number of imidazole rings is 2. The second-order valence-electron chi connectivity index (χ2n) is 13.8. The molecule has 20 heteroatoms. The summed E-state index contributed by atoms with van der Waals surface area (Å²) in [5.74, 6) is 2.19. The summed E-state index contributed by atoms with van der Waals surface area (Å²) in [5, 5.41) is 1.81. The zero-order valence-corrected chi connectivity index (χ0v) is 35.0. The van der Waals surface area contributed by atoms with E-state index in [1.807, 2.05) is 57.7 Å². The third-order valence-electron chi connectivity index (χ3n) is 9.86. The predicted molar refractivity (Wildman–Crippen MR) is 229 cm³/mol. The Balaban J connectivity index is 0.904. The third kappa shape index (κ3) is 9.35. The molecule has 4 heterocycles. The van der Waals surface area contributed by atoms with Crippen LogP contribution in [-0.4, -0.2) is 113 Å². The summed E-state index contributed by atoms with van der Waals surface area (Å²) in [7, 11) is -4.89. The Labute approximate surface area is 347 Å². The maximum Gasteiger partial charge on any atom is 0.240 e. The van der Waals surface area contributed by atoms with Crippen LogP contribution in [0.3, 0.4) is 0 Å². The molecule has 0 radical (unpaired) electrons. The molecule has 6 N–H and O–H groups in total. The first-order valence-electron chi connectivity index (χ1n) is 19.3. The van der Waals surface area contributed by atoms with Gasteiger partial charge in [0.1, 0.15) is 22.7 Å². The molecular weight excluding hydrogens is 813 g/mol. The molecule has 4 aromatic heterocycles. The summed E-state index contributed by atoms with van der Waals surface area (Å²) < 4.78 is 84.1. The molecule has 0 saturated carbocycles. The zero-order valence-electron chi connectivity index (χ0n) is 33.3. The van der Waals surface area contributed by atoms with Crippen LogP contribution >= 0.6 is 0 Å². The largest absolute Gasteiger partial charge is 0.384 e. The topological polar surface area (TPSA) is 243 Å². The summed E-state index contributed by atoms with van der Waals surface area (Å²) in [6.45, 7) is 2.33. The molecule has 18 nitrogen and oxygen atoms in total. The van der Waals surface area contributed by atoms with Gasteiger partial charge in [-0.2, -0.15) is 0 Å². The molecular formula is C40H48N10O8S2. The lowest BCUT2D eigenvalue weighted by Gasteiger charge is -2.13. The Morgan fingerprint density at radius 2 is 1.00 bits per heavy atom. The molecule has 0 atom stereocenters. The van der Waals surface area contributed by atoms with Gasteiger partial charge >= 0.3 is 0 Å². The van der Waals surface area contributed by atoms with Gasteiger partial charge < -0.3 is 39.5 Å². The second kappa shape index (κ2) is 18.9. The second-order valence-corrected chi connectivity index (χ2v) is 17.3. The van der Waals surface area contributed by atoms with Crippen molar-refractivity contribution in [3.63, 3.8) is 0 Å². The summed E-state index contributed by atoms with van der Waals surface area (Å²) in [6.07, 6.45) is 1.09. The highest BCUT2D eigenvalue weighted by molar-refractivity contribution is 7.90. The van der Waals surface area contributed by atoms with Crippen LogP contribution < -0.4 is 20.9 Å². The molecule has 3 aromatic carbocycles. The first-order valence-corrected chi connectivity index (χ1v) is 22.3. The molecule has 0 unspecified atom stereocenters. The van der Waals surface area contributed by atoms with Gasteiger partial charge in [0.05, 0.1) is 71.5 Å². The minimum atomic E-state index is -4.07. The minimum Gasteiger partial charge on any atom is -0.384 e. The smallest absolute Gasteiger partial charge is 0.240 e. The molecule has 0 aliphatic rings. The number of hydrogen-bond donors (Lipinski definition) is 4. The number of nitrogen functional groups attached to an aromatic ring is 2. The van der Waals surface area contributed by atoms with Crippen molar-refractivity contribution in [3.8, 4) is 0 Å². The summed E-state index contributed by atoms with van der Waals surface area (Å²) >= 11 is 0. The van der Waals surface area contributed by atoms with Gasteiger partial charge in [0, 0.05) is 64.0 Å². The summed E-state index contributed by atoms with van der Waals surface area (Å²) in [5.41, 5.74) is 16.9. The average molecular weight is 861 g/mol. The highest BCUT2D eigenvalue weighted by Gasteiger charge is 2.21. The number of sulfonamides is 2. The number of rotatable bonds is 22. The Morgan fingerprint density at radius 3 is 1.43 bits per heavy atom. The number of nitrogens with two attached hydrogens (primary N) is 2. The summed E-state index contributed by atoms with van der Waals surface area (Å²) in [6, 6.07) is 20.5. The lowest BCUT2D eigenvalue weighted by Crippen LogP contribution is -2.29. The number of hydrogen-bond acceptors (Lipinski definition) is 14. The number of anilines is 2. The Bertz CT molecular complexity index is 2660. The van der Waals surface area contributed by atoms with E-state index in [9.17, 15) is 16.8 Å². The van der Waals surface area contributed by atoms with Gasteiger partial charge in [0.25, 0.3) is 0 Å². The van der Waals surface area contributed by atoms with E-state index in [0.29, 0.717) is 61.8 Å². The number of nitrogens with zero attached hydrogens (tertiary/aromatic N) is 6. The number of fused-ring (bicyclic) bond motifs is 6. The van der Waals surface area contributed by atoms with Crippen molar-refractivity contribution < 1.29 is 35.8 Å². The highest BCUT2D eigenvalue weighted by atomic mass is 32.2. The molecule has 0 aliphatic heterocycles. The van der Waals surface area contributed by atoms with Gasteiger partial charge in [-0.3, -0.25) is 0 Å². The van der Waals surface area contributed by atoms with E-state index < -0.39 is 20.0 Å². The van der Waals surface area contributed by atoms with Gasteiger partial charge in [0.15, 0.2) is 11.6 Å². The lowest BCUT2D eigenvalue weighted by molar-refractivity contribution is 0.131. The number of para-hydroxylation sites is 2. The lowest BCUT2D eigenvalue weighted by atomic mass is 10.2. The average Bonchev–Trinajstić information content (AvgIpc) is 3.81. The molecule has 0 saturated heterocycles. The van der Waals surface area contributed by atoms with Crippen molar-refractivity contribution in [2.24, 2.45) is 0 Å². The van der Waals surface area contributed by atoms with Crippen molar-refractivity contribution in [1.29, 1.82) is 0 Å². The van der Waals surface area contributed by atoms with Crippen molar-refractivity contribution in [3.05, 3.63) is 84.4 Å². The third-order valence-corrected chi connectivity index (χ3v) is 12.8. The maximum absolute atomic E-state index is 13.2. The number of ether oxygens (including phenoxy) is 4. The fourth-order valence-electron chi connectivity index (χ4n) is 7.05. The normalized spacial score (nSPS) is 12.4. The van der Waals surface area contributed by atoms with Gasteiger partial charge in [-0.25, -0.2) is 46.2 Å². The number of methoxy groups -OCH3 is 2.